The van der Waals surface area contributed by atoms with Crippen molar-refractivity contribution in [2.75, 3.05) is 38.6 Å². The highest BCUT2D eigenvalue weighted by molar-refractivity contribution is 6.17. The van der Waals surface area contributed by atoms with Crippen molar-refractivity contribution >= 4 is 11.6 Å². The molecule has 2 fully saturated rings. The zero-order chi connectivity index (χ0) is 12.1. The number of halogens is 1. The zero-order valence-corrected chi connectivity index (χ0v) is 12.0. The first kappa shape index (κ1) is 13.6. The molecule has 2 heterocycles. The molecule has 2 aliphatic rings. The van der Waals surface area contributed by atoms with E-state index in [-0.39, 0.29) is 0 Å². The van der Waals surface area contributed by atoms with Crippen molar-refractivity contribution in [2.45, 2.75) is 45.1 Å². The lowest BCUT2D eigenvalue weighted by Crippen LogP contribution is -2.37. The van der Waals surface area contributed by atoms with Gasteiger partial charge in [0.1, 0.15) is 0 Å². The molecule has 0 radical (unpaired) electrons. The summed E-state index contributed by atoms with van der Waals surface area (Å²) >= 11 is 5.80. The Balaban J connectivity index is 1.73. The van der Waals surface area contributed by atoms with Gasteiger partial charge in [0.05, 0.1) is 0 Å². The first-order valence-corrected chi connectivity index (χ1v) is 7.85. The van der Waals surface area contributed by atoms with Gasteiger partial charge in [-0.25, -0.2) is 0 Å². The summed E-state index contributed by atoms with van der Waals surface area (Å²) in [6.07, 6.45) is 6.69. The van der Waals surface area contributed by atoms with E-state index in [1.165, 1.54) is 64.8 Å². The summed E-state index contributed by atoms with van der Waals surface area (Å²) in [7, 11) is 0. The molecule has 3 heteroatoms. The molecule has 2 aliphatic heterocycles. The van der Waals surface area contributed by atoms with Crippen LogP contribution in [-0.4, -0.2) is 54.4 Å². The molecule has 100 valence electrons. The minimum absolute atomic E-state index is 0.787. The largest absolute Gasteiger partial charge is 0.302 e. The van der Waals surface area contributed by atoms with E-state index in [1.54, 1.807) is 0 Å². The Labute approximate surface area is 111 Å². The Kier molecular flexibility index (Phi) is 5.58. The van der Waals surface area contributed by atoms with Gasteiger partial charge in [-0.3, -0.25) is 4.90 Å². The van der Waals surface area contributed by atoms with Gasteiger partial charge in [0.25, 0.3) is 0 Å². The van der Waals surface area contributed by atoms with E-state index in [4.69, 9.17) is 11.6 Å². The molecule has 2 nitrogen and oxygen atoms in total. The highest BCUT2D eigenvalue weighted by Crippen LogP contribution is 2.21. The molecule has 17 heavy (non-hydrogen) atoms. The summed E-state index contributed by atoms with van der Waals surface area (Å²) in [5.74, 6) is 1.60. The van der Waals surface area contributed by atoms with Crippen molar-refractivity contribution < 1.29 is 0 Å². The average Bonchev–Trinajstić information content (AvgIpc) is 2.65. The monoisotopic (exact) mass is 258 g/mol. The van der Waals surface area contributed by atoms with Crippen molar-refractivity contribution in [2.24, 2.45) is 5.92 Å². The molecule has 0 aliphatic carbocycles. The maximum Gasteiger partial charge on any atom is 0.0225 e. The van der Waals surface area contributed by atoms with Gasteiger partial charge in [-0.05, 0) is 64.2 Å². The van der Waals surface area contributed by atoms with Crippen LogP contribution in [0.3, 0.4) is 0 Å². The summed E-state index contributed by atoms with van der Waals surface area (Å²) in [6, 6.07) is 0.862. The zero-order valence-electron chi connectivity index (χ0n) is 11.2. The summed E-state index contributed by atoms with van der Waals surface area (Å²) in [6.45, 7) is 8.91. The molecule has 0 aromatic carbocycles. The van der Waals surface area contributed by atoms with Gasteiger partial charge in [0.2, 0.25) is 0 Å². The minimum Gasteiger partial charge on any atom is -0.302 e. The van der Waals surface area contributed by atoms with Crippen LogP contribution in [0.2, 0.25) is 0 Å². The van der Waals surface area contributed by atoms with Crippen LogP contribution in [-0.2, 0) is 0 Å². The maximum atomic E-state index is 5.80. The summed E-state index contributed by atoms with van der Waals surface area (Å²) in [4.78, 5) is 5.41. The third kappa shape index (κ3) is 4.11. The Hall–Kier alpha value is 0.210. The second-order valence-corrected chi connectivity index (χ2v) is 6.24. The molecule has 0 spiro atoms. The fourth-order valence-electron chi connectivity index (χ4n) is 3.22. The van der Waals surface area contributed by atoms with Gasteiger partial charge < -0.3 is 4.90 Å². The predicted octanol–water partition coefficient (Wildman–Crippen LogP) is 2.81. The lowest BCUT2D eigenvalue weighted by atomic mass is 10.0. The van der Waals surface area contributed by atoms with Gasteiger partial charge in [-0.1, -0.05) is 6.92 Å². The highest BCUT2D eigenvalue weighted by atomic mass is 35.5. The van der Waals surface area contributed by atoms with E-state index < -0.39 is 0 Å². The van der Waals surface area contributed by atoms with Gasteiger partial charge in [-0.2, -0.15) is 0 Å². The van der Waals surface area contributed by atoms with Crippen LogP contribution >= 0.6 is 11.6 Å². The van der Waals surface area contributed by atoms with Crippen LogP contribution in [0.25, 0.3) is 0 Å². The quantitative estimate of drug-likeness (QED) is 0.700. The van der Waals surface area contributed by atoms with E-state index in [1.807, 2.05) is 0 Å². The molecule has 0 N–H and O–H groups in total. The molecule has 0 aromatic heterocycles. The number of rotatable bonds is 5. The van der Waals surface area contributed by atoms with Crippen LogP contribution in [0.15, 0.2) is 0 Å². The van der Waals surface area contributed by atoms with E-state index in [2.05, 4.69) is 16.7 Å². The Bertz CT molecular complexity index is 222. The predicted molar refractivity (Wildman–Crippen MR) is 74.8 cm³/mol. The van der Waals surface area contributed by atoms with Crippen molar-refractivity contribution in [3.63, 3.8) is 0 Å². The van der Waals surface area contributed by atoms with Crippen molar-refractivity contribution in [3.05, 3.63) is 0 Å². The molecule has 0 amide bonds. The molecule has 2 rings (SSSR count). The Morgan fingerprint density at radius 2 is 2.00 bits per heavy atom. The molecular weight excluding hydrogens is 232 g/mol. The molecule has 2 saturated heterocycles. The Morgan fingerprint density at radius 1 is 1.18 bits per heavy atom. The van der Waals surface area contributed by atoms with Crippen LogP contribution < -0.4 is 0 Å². The fraction of sp³-hybridized carbons (Fsp3) is 1.00. The number of fused-ring (bicyclic) bond motifs is 1. The number of nitrogens with zero attached hydrogens (tertiary/aromatic N) is 2. The number of hydrogen-bond donors (Lipinski definition) is 0. The lowest BCUT2D eigenvalue weighted by molar-refractivity contribution is 0.211. The summed E-state index contributed by atoms with van der Waals surface area (Å²) in [5.41, 5.74) is 0. The SMILES string of the molecule is CC(CCCl)CCN1CCCN2CCCC2C1. The minimum atomic E-state index is 0.787. The first-order valence-electron chi connectivity index (χ1n) is 7.32. The van der Waals surface area contributed by atoms with Crippen LogP contribution in [0.5, 0.6) is 0 Å². The van der Waals surface area contributed by atoms with Gasteiger partial charge in [0, 0.05) is 18.5 Å². The third-order valence-corrected chi connectivity index (χ3v) is 4.65. The lowest BCUT2D eigenvalue weighted by Gasteiger charge is -2.26. The highest BCUT2D eigenvalue weighted by Gasteiger charge is 2.28. The fourth-order valence-corrected chi connectivity index (χ4v) is 3.59. The van der Waals surface area contributed by atoms with Crippen LogP contribution in [0, 0.1) is 5.92 Å². The van der Waals surface area contributed by atoms with E-state index in [9.17, 15) is 0 Å². The molecule has 0 bridgehead atoms. The molecule has 0 aromatic rings. The van der Waals surface area contributed by atoms with Gasteiger partial charge in [-0.15, -0.1) is 11.6 Å². The van der Waals surface area contributed by atoms with Crippen molar-refractivity contribution in [1.29, 1.82) is 0 Å². The normalized spacial score (nSPS) is 28.9. The summed E-state index contributed by atoms with van der Waals surface area (Å²) in [5, 5.41) is 0. The molecule has 2 unspecified atom stereocenters. The van der Waals surface area contributed by atoms with E-state index >= 15 is 0 Å². The summed E-state index contributed by atoms with van der Waals surface area (Å²) < 4.78 is 0. The Morgan fingerprint density at radius 3 is 2.82 bits per heavy atom. The number of hydrogen-bond acceptors (Lipinski definition) is 2. The number of alkyl halides is 1. The van der Waals surface area contributed by atoms with Crippen molar-refractivity contribution in [3.8, 4) is 0 Å². The van der Waals surface area contributed by atoms with Crippen LogP contribution in [0.1, 0.15) is 39.0 Å². The molecule has 2 atom stereocenters. The molecular formula is C14H27ClN2. The third-order valence-electron chi connectivity index (χ3n) is 4.43. The van der Waals surface area contributed by atoms with E-state index in [0.717, 1.165) is 17.8 Å². The second-order valence-electron chi connectivity index (χ2n) is 5.86. The first-order chi connectivity index (χ1) is 8.29. The van der Waals surface area contributed by atoms with Crippen molar-refractivity contribution in [1.82, 2.24) is 9.80 Å². The standard InChI is InChI=1S/C14H27ClN2/c1-13(5-7-15)6-11-16-8-3-10-17-9-2-4-14(17)12-16/h13-14H,2-12H2,1H3. The maximum absolute atomic E-state index is 5.80. The van der Waals surface area contributed by atoms with E-state index in [0.29, 0.717) is 0 Å². The second kappa shape index (κ2) is 6.96. The average molecular weight is 259 g/mol. The molecule has 0 saturated carbocycles. The topological polar surface area (TPSA) is 6.48 Å². The smallest absolute Gasteiger partial charge is 0.0225 e. The van der Waals surface area contributed by atoms with Gasteiger partial charge in [0.15, 0.2) is 0 Å². The van der Waals surface area contributed by atoms with Crippen LogP contribution in [0.4, 0.5) is 0 Å². The van der Waals surface area contributed by atoms with Gasteiger partial charge >= 0.3 is 0 Å².